The fourth-order valence-corrected chi connectivity index (χ4v) is 2.54. The molecule has 0 saturated carbocycles. The summed E-state index contributed by atoms with van der Waals surface area (Å²) in [6.07, 6.45) is 4.20. The van der Waals surface area contributed by atoms with Crippen molar-refractivity contribution < 1.29 is 9.53 Å². The molecule has 1 fully saturated rings. The number of hydrogen-bond donors (Lipinski definition) is 1. The smallest absolute Gasteiger partial charge is 0.264 e. The van der Waals surface area contributed by atoms with Gasteiger partial charge >= 0.3 is 0 Å². The normalized spacial score (nSPS) is 18.0. The minimum atomic E-state index is -0.171. The number of carbonyl (C=O) groups is 1. The first-order valence-corrected chi connectivity index (χ1v) is 7.36. The number of nitrogens with one attached hydrogen (secondary N) is 1. The Hall–Kier alpha value is -2.22. The SMILES string of the molecule is Cn1ncc2c(=O)n(CCC(=O)NCC3CCOC3)cnc21. The van der Waals surface area contributed by atoms with E-state index in [0.29, 0.717) is 36.6 Å². The summed E-state index contributed by atoms with van der Waals surface area (Å²) in [5, 5.41) is 7.37. The Balaban J connectivity index is 1.57. The van der Waals surface area contributed by atoms with Crippen molar-refractivity contribution in [3.05, 3.63) is 22.9 Å². The standard InChI is InChI=1S/C14H19N5O3/c1-18-13-11(7-17-18)14(21)19(9-16-13)4-2-12(20)15-6-10-3-5-22-8-10/h7,9-10H,2-6,8H2,1H3,(H,15,20). The van der Waals surface area contributed by atoms with Crippen LogP contribution in [0.4, 0.5) is 0 Å². The molecule has 0 bridgehead atoms. The molecule has 3 rings (SSSR count). The molecule has 2 aromatic heterocycles. The van der Waals surface area contributed by atoms with Crippen molar-refractivity contribution in [2.75, 3.05) is 19.8 Å². The minimum Gasteiger partial charge on any atom is -0.381 e. The summed E-state index contributed by atoms with van der Waals surface area (Å²) in [5.74, 6) is 0.338. The molecule has 0 spiro atoms. The summed E-state index contributed by atoms with van der Waals surface area (Å²) < 4.78 is 8.26. The van der Waals surface area contributed by atoms with Gasteiger partial charge in [-0.1, -0.05) is 0 Å². The second kappa shape index (κ2) is 6.27. The molecule has 8 nitrogen and oxygen atoms in total. The van der Waals surface area contributed by atoms with Gasteiger partial charge in [0.05, 0.1) is 19.1 Å². The van der Waals surface area contributed by atoms with E-state index in [0.717, 1.165) is 13.0 Å². The van der Waals surface area contributed by atoms with Gasteiger partial charge in [0, 0.05) is 39.1 Å². The summed E-state index contributed by atoms with van der Waals surface area (Å²) in [4.78, 5) is 28.3. The monoisotopic (exact) mass is 305 g/mol. The Morgan fingerprint density at radius 2 is 2.41 bits per heavy atom. The van der Waals surface area contributed by atoms with Crippen LogP contribution in [0.2, 0.25) is 0 Å². The number of aryl methyl sites for hydroxylation is 2. The number of carbonyl (C=O) groups excluding carboxylic acids is 1. The fraction of sp³-hybridized carbons (Fsp3) is 0.571. The number of aromatic nitrogens is 4. The second-order valence-corrected chi connectivity index (χ2v) is 5.53. The third-order valence-electron chi connectivity index (χ3n) is 3.91. The van der Waals surface area contributed by atoms with Gasteiger partial charge in [-0.15, -0.1) is 0 Å². The zero-order chi connectivity index (χ0) is 15.5. The molecule has 118 valence electrons. The van der Waals surface area contributed by atoms with Crippen LogP contribution in [0.25, 0.3) is 11.0 Å². The van der Waals surface area contributed by atoms with Crippen LogP contribution >= 0.6 is 0 Å². The van der Waals surface area contributed by atoms with Crippen molar-refractivity contribution in [3.8, 4) is 0 Å². The summed E-state index contributed by atoms with van der Waals surface area (Å²) in [6.45, 7) is 2.42. The molecule has 8 heteroatoms. The van der Waals surface area contributed by atoms with Crippen LogP contribution in [-0.2, 0) is 23.1 Å². The van der Waals surface area contributed by atoms with Gasteiger partial charge in [0.2, 0.25) is 5.91 Å². The maximum Gasteiger partial charge on any atom is 0.264 e. The van der Waals surface area contributed by atoms with E-state index < -0.39 is 0 Å². The number of ether oxygens (including phenoxy) is 1. The predicted molar refractivity (Wildman–Crippen MR) is 79.3 cm³/mol. The summed E-state index contributed by atoms with van der Waals surface area (Å²) in [5.41, 5.74) is 0.377. The number of rotatable bonds is 5. The highest BCUT2D eigenvalue weighted by Gasteiger charge is 2.16. The summed E-state index contributed by atoms with van der Waals surface area (Å²) in [7, 11) is 1.74. The van der Waals surface area contributed by atoms with E-state index >= 15 is 0 Å². The van der Waals surface area contributed by atoms with Crippen LogP contribution in [0.15, 0.2) is 17.3 Å². The van der Waals surface area contributed by atoms with Gasteiger partial charge < -0.3 is 10.1 Å². The molecule has 1 unspecified atom stereocenters. The lowest BCUT2D eigenvalue weighted by molar-refractivity contribution is -0.121. The highest BCUT2D eigenvalue weighted by Crippen LogP contribution is 2.10. The quantitative estimate of drug-likeness (QED) is 0.817. The lowest BCUT2D eigenvalue weighted by Gasteiger charge is -2.10. The van der Waals surface area contributed by atoms with Gasteiger partial charge in [-0.05, 0) is 6.42 Å². The molecule has 3 heterocycles. The highest BCUT2D eigenvalue weighted by molar-refractivity contribution is 5.76. The van der Waals surface area contributed by atoms with E-state index in [1.165, 1.54) is 17.1 Å². The Morgan fingerprint density at radius 1 is 1.55 bits per heavy atom. The van der Waals surface area contributed by atoms with Crippen molar-refractivity contribution in [2.24, 2.45) is 13.0 Å². The predicted octanol–water partition coefficient (Wildman–Crippen LogP) is -0.327. The van der Waals surface area contributed by atoms with Gasteiger partial charge in [0.1, 0.15) is 5.39 Å². The van der Waals surface area contributed by atoms with Crippen molar-refractivity contribution in [2.45, 2.75) is 19.4 Å². The molecular formula is C14H19N5O3. The first kappa shape index (κ1) is 14.7. The summed E-state index contributed by atoms with van der Waals surface area (Å²) in [6, 6.07) is 0. The number of amides is 1. The zero-order valence-corrected chi connectivity index (χ0v) is 12.5. The molecule has 0 aliphatic carbocycles. The van der Waals surface area contributed by atoms with Crippen LogP contribution in [0.1, 0.15) is 12.8 Å². The maximum atomic E-state index is 12.2. The second-order valence-electron chi connectivity index (χ2n) is 5.53. The largest absolute Gasteiger partial charge is 0.381 e. The lowest BCUT2D eigenvalue weighted by atomic mass is 10.1. The van der Waals surface area contributed by atoms with Crippen LogP contribution in [-0.4, -0.2) is 45.0 Å². The third-order valence-corrected chi connectivity index (χ3v) is 3.91. The van der Waals surface area contributed by atoms with Gasteiger partial charge in [0.15, 0.2) is 5.65 Å². The van der Waals surface area contributed by atoms with Crippen molar-refractivity contribution in [3.63, 3.8) is 0 Å². The average Bonchev–Trinajstić information content (AvgIpc) is 3.15. The Kier molecular flexibility index (Phi) is 4.19. The number of hydrogen-bond acceptors (Lipinski definition) is 5. The van der Waals surface area contributed by atoms with Crippen LogP contribution in [0.5, 0.6) is 0 Å². The number of fused-ring (bicyclic) bond motifs is 1. The van der Waals surface area contributed by atoms with Gasteiger partial charge in [0.25, 0.3) is 5.56 Å². The zero-order valence-electron chi connectivity index (χ0n) is 12.5. The van der Waals surface area contributed by atoms with Crippen molar-refractivity contribution >= 4 is 16.9 Å². The van der Waals surface area contributed by atoms with E-state index in [2.05, 4.69) is 15.4 Å². The van der Waals surface area contributed by atoms with Crippen molar-refractivity contribution in [1.82, 2.24) is 24.6 Å². The molecule has 22 heavy (non-hydrogen) atoms. The Labute approximate surface area is 127 Å². The molecule has 1 amide bonds. The molecule has 1 aliphatic rings. The first-order chi connectivity index (χ1) is 10.6. The molecule has 1 atom stereocenters. The average molecular weight is 305 g/mol. The van der Waals surface area contributed by atoms with E-state index in [9.17, 15) is 9.59 Å². The lowest BCUT2D eigenvalue weighted by Crippen LogP contribution is -2.31. The van der Waals surface area contributed by atoms with Gasteiger partial charge in [-0.2, -0.15) is 5.10 Å². The minimum absolute atomic E-state index is 0.0647. The highest BCUT2D eigenvalue weighted by atomic mass is 16.5. The molecule has 0 radical (unpaired) electrons. The van der Waals surface area contributed by atoms with Gasteiger partial charge in [-0.3, -0.25) is 18.8 Å². The van der Waals surface area contributed by atoms with Gasteiger partial charge in [-0.25, -0.2) is 4.98 Å². The fourth-order valence-electron chi connectivity index (χ4n) is 2.54. The molecule has 1 N–H and O–H groups in total. The molecule has 2 aromatic rings. The van der Waals surface area contributed by atoms with E-state index in [-0.39, 0.29) is 17.9 Å². The van der Waals surface area contributed by atoms with E-state index in [4.69, 9.17) is 4.74 Å². The summed E-state index contributed by atoms with van der Waals surface area (Å²) >= 11 is 0. The van der Waals surface area contributed by atoms with E-state index in [1.54, 1.807) is 11.7 Å². The Morgan fingerprint density at radius 3 is 3.18 bits per heavy atom. The maximum absolute atomic E-state index is 12.2. The topological polar surface area (TPSA) is 91.0 Å². The van der Waals surface area contributed by atoms with Crippen molar-refractivity contribution in [1.29, 1.82) is 0 Å². The van der Waals surface area contributed by atoms with Crippen LogP contribution < -0.4 is 10.9 Å². The Bertz CT molecular complexity index is 730. The van der Waals surface area contributed by atoms with Crippen LogP contribution in [0, 0.1) is 5.92 Å². The molecule has 1 aliphatic heterocycles. The van der Waals surface area contributed by atoms with E-state index in [1.807, 2.05) is 0 Å². The molecule has 1 saturated heterocycles. The molecular weight excluding hydrogens is 286 g/mol. The molecule has 0 aromatic carbocycles. The third kappa shape index (κ3) is 3.01. The van der Waals surface area contributed by atoms with Crippen LogP contribution in [0.3, 0.4) is 0 Å². The first-order valence-electron chi connectivity index (χ1n) is 7.36. The number of nitrogens with zero attached hydrogens (tertiary/aromatic N) is 4.